The maximum Gasteiger partial charge on any atom is 0.123 e. The molecule has 0 aliphatic rings. The zero-order valence-corrected chi connectivity index (χ0v) is 7.94. The summed E-state index contributed by atoms with van der Waals surface area (Å²) in [6, 6.07) is 9.99. The maximum absolute atomic E-state index is 10.7. The van der Waals surface area contributed by atoms with Gasteiger partial charge in [-0.05, 0) is 12.0 Å². The molecule has 69 valence electrons. The van der Waals surface area contributed by atoms with Gasteiger partial charge in [-0.1, -0.05) is 43.7 Å². The lowest BCUT2D eigenvalue weighted by Crippen LogP contribution is -2.02. The predicted molar refractivity (Wildman–Crippen MR) is 54.3 cm³/mol. The van der Waals surface area contributed by atoms with Crippen molar-refractivity contribution in [3.05, 3.63) is 42.3 Å². The topological polar surface area (TPSA) is 17.1 Å². The first-order valence-corrected chi connectivity index (χ1v) is 4.72. The van der Waals surface area contributed by atoms with Crippen molar-refractivity contribution < 1.29 is 4.79 Å². The number of hydrogen-bond acceptors (Lipinski definition) is 1. The molecule has 1 radical (unpaired) electrons. The van der Waals surface area contributed by atoms with Crippen molar-refractivity contribution in [1.82, 2.24) is 0 Å². The van der Waals surface area contributed by atoms with E-state index in [4.69, 9.17) is 0 Å². The molecule has 0 saturated carbocycles. The van der Waals surface area contributed by atoms with Gasteiger partial charge in [0, 0.05) is 12.3 Å². The molecule has 1 aromatic rings. The Morgan fingerprint density at radius 3 is 2.54 bits per heavy atom. The fraction of sp³-hybridized carbons (Fsp3) is 0.333. The van der Waals surface area contributed by atoms with Gasteiger partial charge in [0.1, 0.15) is 6.29 Å². The monoisotopic (exact) mass is 175 g/mol. The SMILES string of the molecule is CCCC([CH]c1ccccc1)C=O. The second-order valence-corrected chi connectivity index (χ2v) is 3.17. The standard InChI is InChI=1S/C12H15O/c1-2-6-12(10-13)9-11-7-4-3-5-8-11/h3-5,7-10,12H,2,6H2,1H3. The van der Waals surface area contributed by atoms with Crippen molar-refractivity contribution in [3.8, 4) is 0 Å². The summed E-state index contributed by atoms with van der Waals surface area (Å²) in [6.07, 6.45) is 5.04. The minimum absolute atomic E-state index is 0.0763. The van der Waals surface area contributed by atoms with Gasteiger partial charge in [-0.15, -0.1) is 0 Å². The quantitative estimate of drug-likeness (QED) is 0.629. The van der Waals surface area contributed by atoms with Gasteiger partial charge >= 0.3 is 0 Å². The molecule has 0 aliphatic heterocycles. The Bertz CT molecular complexity index is 241. The molecule has 0 fully saturated rings. The first-order valence-electron chi connectivity index (χ1n) is 4.72. The van der Waals surface area contributed by atoms with E-state index in [-0.39, 0.29) is 5.92 Å². The van der Waals surface area contributed by atoms with E-state index in [9.17, 15) is 4.79 Å². The lowest BCUT2D eigenvalue weighted by molar-refractivity contribution is -0.110. The van der Waals surface area contributed by atoms with E-state index in [0.29, 0.717) is 0 Å². The number of benzene rings is 1. The van der Waals surface area contributed by atoms with Crippen LogP contribution in [0.25, 0.3) is 0 Å². The van der Waals surface area contributed by atoms with Crippen LogP contribution in [0, 0.1) is 12.3 Å². The number of carbonyl (C=O) groups excluding carboxylic acids is 1. The largest absolute Gasteiger partial charge is 0.303 e. The van der Waals surface area contributed by atoms with Crippen molar-refractivity contribution in [2.45, 2.75) is 19.8 Å². The Kier molecular flexibility index (Phi) is 4.24. The highest BCUT2D eigenvalue weighted by atomic mass is 16.1. The highest BCUT2D eigenvalue weighted by molar-refractivity contribution is 5.57. The highest BCUT2D eigenvalue weighted by Crippen LogP contribution is 2.13. The summed E-state index contributed by atoms with van der Waals surface area (Å²) in [5, 5.41) is 0. The zero-order valence-electron chi connectivity index (χ0n) is 7.94. The number of carbonyl (C=O) groups is 1. The van der Waals surface area contributed by atoms with Crippen molar-refractivity contribution >= 4 is 6.29 Å². The molecule has 1 nitrogen and oxygen atoms in total. The van der Waals surface area contributed by atoms with Crippen LogP contribution >= 0.6 is 0 Å². The van der Waals surface area contributed by atoms with E-state index in [1.165, 1.54) is 0 Å². The van der Waals surface area contributed by atoms with Crippen LogP contribution in [0.3, 0.4) is 0 Å². The fourth-order valence-electron chi connectivity index (χ4n) is 1.34. The first-order chi connectivity index (χ1) is 6.36. The summed E-state index contributed by atoms with van der Waals surface area (Å²) in [5.74, 6) is 0.0763. The van der Waals surface area contributed by atoms with Gasteiger partial charge in [-0.25, -0.2) is 0 Å². The molecular weight excluding hydrogens is 160 g/mol. The third-order valence-corrected chi connectivity index (χ3v) is 2.00. The Morgan fingerprint density at radius 2 is 2.00 bits per heavy atom. The van der Waals surface area contributed by atoms with Gasteiger partial charge in [0.15, 0.2) is 0 Å². The molecule has 1 rings (SSSR count). The van der Waals surface area contributed by atoms with Gasteiger partial charge in [0.05, 0.1) is 0 Å². The molecule has 0 spiro atoms. The smallest absolute Gasteiger partial charge is 0.123 e. The maximum atomic E-state index is 10.7. The van der Waals surface area contributed by atoms with E-state index < -0.39 is 0 Å². The average Bonchev–Trinajstić information content (AvgIpc) is 2.19. The number of hydrogen-bond donors (Lipinski definition) is 0. The molecule has 0 amide bonds. The Labute approximate surface area is 79.8 Å². The minimum atomic E-state index is 0.0763. The summed E-state index contributed by atoms with van der Waals surface area (Å²) in [4.78, 5) is 10.7. The number of rotatable bonds is 5. The van der Waals surface area contributed by atoms with Gasteiger partial charge in [0.2, 0.25) is 0 Å². The summed E-state index contributed by atoms with van der Waals surface area (Å²) >= 11 is 0. The minimum Gasteiger partial charge on any atom is -0.303 e. The van der Waals surface area contributed by atoms with Gasteiger partial charge in [-0.3, -0.25) is 0 Å². The van der Waals surface area contributed by atoms with Crippen LogP contribution in [0.15, 0.2) is 30.3 Å². The van der Waals surface area contributed by atoms with Crippen LogP contribution in [0.4, 0.5) is 0 Å². The summed E-state index contributed by atoms with van der Waals surface area (Å²) in [7, 11) is 0. The third-order valence-electron chi connectivity index (χ3n) is 2.00. The molecule has 0 bridgehead atoms. The van der Waals surface area contributed by atoms with Crippen molar-refractivity contribution in [1.29, 1.82) is 0 Å². The van der Waals surface area contributed by atoms with Gasteiger partial charge in [0.25, 0.3) is 0 Å². The molecular formula is C12H15O. The van der Waals surface area contributed by atoms with Crippen molar-refractivity contribution in [2.24, 2.45) is 5.92 Å². The highest BCUT2D eigenvalue weighted by Gasteiger charge is 2.06. The lowest BCUT2D eigenvalue weighted by atomic mass is 9.97. The van der Waals surface area contributed by atoms with E-state index >= 15 is 0 Å². The Morgan fingerprint density at radius 1 is 1.31 bits per heavy atom. The van der Waals surface area contributed by atoms with Crippen LogP contribution < -0.4 is 0 Å². The molecule has 0 aromatic heterocycles. The molecule has 0 saturated heterocycles. The molecule has 0 aliphatic carbocycles. The van der Waals surface area contributed by atoms with Gasteiger partial charge < -0.3 is 4.79 Å². The molecule has 0 N–H and O–H groups in total. The first kappa shape index (κ1) is 9.97. The molecule has 13 heavy (non-hydrogen) atoms. The molecule has 1 aromatic carbocycles. The average molecular weight is 175 g/mol. The molecule has 1 heteroatoms. The number of aldehydes is 1. The van der Waals surface area contributed by atoms with E-state index in [1.54, 1.807) is 0 Å². The van der Waals surface area contributed by atoms with Crippen LogP contribution in [-0.2, 0) is 4.79 Å². The second-order valence-electron chi connectivity index (χ2n) is 3.17. The summed E-state index contributed by atoms with van der Waals surface area (Å²) < 4.78 is 0. The second kappa shape index (κ2) is 5.52. The van der Waals surface area contributed by atoms with Gasteiger partial charge in [-0.2, -0.15) is 0 Å². The van der Waals surface area contributed by atoms with Crippen LogP contribution in [-0.4, -0.2) is 6.29 Å². The Hall–Kier alpha value is -1.11. The van der Waals surface area contributed by atoms with E-state index in [0.717, 1.165) is 24.7 Å². The lowest BCUT2D eigenvalue weighted by Gasteiger charge is -2.07. The van der Waals surface area contributed by atoms with E-state index in [1.807, 2.05) is 36.8 Å². The summed E-state index contributed by atoms with van der Waals surface area (Å²) in [5.41, 5.74) is 1.13. The van der Waals surface area contributed by atoms with Crippen LogP contribution in [0.1, 0.15) is 25.3 Å². The van der Waals surface area contributed by atoms with Crippen molar-refractivity contribution in [3.63, 3.8) is 0 Å². The third kappa shape index (κ3) is 3.41. The Balaban J connectivity index is 2.51. The van der Waals surface area contributed by atoms with Crippen molar-refractivity contribution in [2.75, 3.05) is 0 Å². The predicted octanol–water partition coefficient (Wildman–Crippen LogP) is 2.85. The molecule has 1 unspecified atom stereocenters. The van der Waals surface area contributed by atoms with E-state index in [2.05, 4.69) is 6.92 Å². The van der Waals surface area contributed by atoms with Crippen LogP contribution in [0.2, 0.25) is 0 Å². The molecule has 1 atom stereocenters. The molecule has 0 heterocycles. The zero-order chi connectivity index (χ0) is 9.52. The normalized spacial score (nSPS) is 12.4. The van der Waals surface area contributed by atoms with Crippen LogP contribution in [0.5, 0.6) is 0 Å². The summed E-state index contributed by atoms with van der Waals surface area (Å²) in [6.45, 7) is 2.09. The fourth-order valence-corrected chi connectivity index (χ4v) is 1.34.